The smallest absolute Gasteiger partial charge is 0.338 e. The number of carbonyl (C=O) groups is 1. The van der Waals surface area contributed by atoms with E-state index in [9.17, 15) is 9.59 Å². The highest BCUT2D eigenvalue weighted by Crippen LogP contribution is 2.32. The molecule has 0 saturated carbocycles. The van der Waals surface area contributed by atoms with Crippen molar-refractivity contribution in [1.29, 1.82) is 0 Å². The third-order valence-corrected chi connectivity index (χ3v) is 7.95. The Kier molecular flexibility index (Phi) is 8.02. The minimum absolute atomic E-state index is 0.250. The van der Waals surface area contributed by atoms with E-state index in [0.717, 1.165) is 11.1 Å². The lowest BCUT2D eigenvalue weighted by Crippen LogP contribution is -2.40. The monoisotopic (exact) mass is 578 g/mol. The molecule has 0 saturated heterocycles. The number of halogens is 2. The first kappa shape index (κ1) is 26.9. The molecule has 0 unspecified atom stereocenters. The number of carbonyl (C=O) groups excluding carboxylic acids is 1. The lowest BCUT2D eigenvalue weighted by molar-refractivity contribution is -0.136. The molecule has 0 radical (unpaired) electrons. The summed E-state index contributed by atoms with van der Waals surface area (Å²) >= 11 is 13.9. The molecule has 6 nitrogen and oxygen atoms in total. The first-order valence-electron chi connectivity index (χ1n) is 12.2. The average molecular weight is 580 g/mol. The number of ether oxygens (including phenoxy) is 2. The van der Waals surface area contributed by atoms with Crippen LogP contribution in [0.4, 0.5) is 0 Å². The van der Waals surface area contributed by atoms with Crippen molar-refractivity contribution in [3.05, 3.63) is 130 Å². The van der Waals surface area contributed by atoms with E-state index in [0.29, 0.717) is 48.4 Å². The summed E-state index contributed by atoms with van der Waals surface area (Å²) in [6, 6.07) is 21.4. The largest absolute Gasteiger partial charge is 0.488 e. The molecule has 5 rings (SSSR count). The van der Waals surface area contributed by atoms with E-state index < -0.39 is 12.0 Å². The quantitative estimate of drug-likeness (QED) is 0.264. The highest BCUT2D eigenvalue weighted by atomic mass is 35.5. The fraction of sp³-hybridized carbons (Fsp3) is 0.167. The summed E-state index contributed by atoms with van der Waals surface area (Å²) in [5.74, 6) is 0.0399. The van der Waals surface area contributed by atoms with Crippen molar-refractivity contribution >= 4 is 46.6 Å². The molecule has 0 fully saturated rings. The van der Waals surface area contributed by atoms with Gasteiger partial charge in [0, 0.05) is 21.2 Å². The maximum absolute atomic E-state index is 13.9. The lowest BCUT2D eigenvalue weighted by Gasteiger charge is -2.25. The van der Waals surface area contributed by atoms with E-state index in [1.165, 1.54) is 18.4 Å². The topological polar surface area (TPSA) is 69.9 Å². The molecule has 0 aliphatic carbocycles. The Hall–Kier alpha value is -3.65. The van der Waals surface area contributed by atoms with Crippen LogP contribution in [0, 0.1) is 0 Å². The molecule has 2 heterocycles. The molecule has 4 aromatic rings. The highest BCUT2D eigenvalue weighted by Gasteiger charge is 2.33. The first-order valence-corrected chi connectivity index (χ1v) is 13.8. The van der Waals surface area contributed by atoms with Crippen molar-refractivity contribution in [2.75, 3.05) is 7.11 Å². The Bertz CT molecular complexity index is 1760. The number of aromatic nitrogens is 1. The molecular weight excluding hydrogens is 555 g/mol. The summed E-state index contributed by atoms with van der Waals surface area (Å²) < 4.78 is 13.2. The molecule has 1 aliphatic rings. The van der Waals surface area contributed by atoms with Gasteiger partial charge in [-0.05, 0) is 42.3 Å². The minimum Gasteiger partial charge on any atom is -0.488 e. The predicted molar refractivity (Wildman–Crippen MR) is 154 cm³/mol. The highest BCUT2D eigenvalue weighted by molar-refractivity contribution is 7.07. The van der Waals surface area contributed by atoms with Crippen molar-refractivity contribution < 1.29 is 14.3 Å². The van der Waals surface area contributed by atoms with E-state index in [1.54, 1.807) is 34.9 Å². The summed E-state index contributed by atoms with van der Waals surface area (Å²) in [6.07, 6.45) is 2.25. The molecule has 1 aliphatic heterocycles. The Morgan fingerprint density at radius 3 is 2.54 bits per heavy atom. The van der Waals surface area contributed by atoms with Crippen LogP contribution >= 0.6 is 34.5 Å². The number of nitrogens with zero attached hydrogens (tertiary/aromatic N) is 2. The maximum atomic E-state index is 13.9. The van der Waals surface area contributed by atoms with Crippen molar-refractivity contribution in [3.63, 3.8) is 0 Å². The minimum atomic E-state index is -0.665. The van der Waals surface area contributed by atoms with Gasteiger partial charge in [-0.2, -0.15) is 0 Å². The van der Waals surface area contributed by atoms with Gasteiger partial charge in [0.2, 0.25) is 0 Å². The van der Waals surface area contributed by atoms with Crippen LogP contribution in [0.2, 0.25) is 10.0 Å². The van der Waals surface area contributed by atoms with Crippen LogP contribution in [0.5, 0.6) is 5.75 Å². The van der Waals surface area contributed by atoms with E-state index >= 15 is 0 Å². The predicted octanol–water partition coefficient (Wildman–Crippen LogP) is 5.68. The second-order valence-corrected chi connectivity index (χ2v) is 10.6. The number of hydrogen-bond acceptors (Lipinski definition) is 6. The van der Waals surface area contributed by atoms with Crippen molar-refractivity contribution in [3.8, 4) is 5.75 Å². The molecule has 0 spiro atoms. The fourth-order valence-electron chi connectivity index (χ4n) is 4.49. The zero-order valence-electron chi connectivity index (χ0n) is 21.2. The van der Waals surface area contributed by atoms with E-state index in [-0.39, 0.29) is 12.2 Å². The summed E-state index contributed by atoms with van der Waals surface area (Å²) in [6.45, 7) is 2.17. The van der Waals surface area contributed by atoms with Gasteiger partial charge < -0.3 is 9.47 Å². The first-order chi connectivity index (χ1) is 18.9. The van der Waals surface area contributed by atoms with Crippen LogP contribution in [-0.2, 0) is 16.1 Å². The number of benzene rings is 3. The van der Waals surface area contributed by atoms with E-state index in [4.69, 9.17) is 37.7 Å². The molecule has 0 amide bonds. The van der Waals surface area contributed by atoms with Crippen LogP contribution in [-0.4, -0.2) is 17.6 Å². The van der Waals surface area contributed by atoms with Gasteiger partial charge in [-0.25, -0.2) is 9.79 Å². The van der Waals surface area contributed by atoms with E-state index in [1.807, 2.05) is 55.5 Å². The number of hydrogen-bond donors (Lipinski definition) is 0. The molecule has 9 heteroatoms. The van der Waals surface area contributed by atoms with Crippen LogP contribution in [0.3, 0.4) is 0 Å². The van der Waals surface area contributed by atoms with Crippen molar-refractivity contribution in [2.45, 2.75) is 26.0 Å². The third-order valence-electron chi connectivity index (χ3n) is 6.37. The maximum Gasteiger partial charge on any atom is 0.338 e. The van der Waals surface area contributed by atoms with Crippen LogP contribution in [0.1, 0.15) is 36.1 Å². The van der Waals surface area contributed by atoms with E-state index in [2.05, 4.69) is 0 Å². The van der Waals surface area contributed by atoms with Gasteiger partial charge in [0.15, 0.2) is 4.80 Å². The zero-order valence-corrected chi connectivity index (χ0v) is 23.5. The standard InChI is InChI=1S/C30H24Cl2N2O4S/c1-3-23-26(29(36)37-2)27(18-9-5-4-6-10-18)34-28(35)25(39-30(34)33-23)16-20-15-21(31)13-14-24(20)38-17-19-11-7-8-12-22(19)32/h4-16,27H,3,17H2,1-2H3/b25-16+/t27-/m1/s1. The van der Waals surface area contributed by atoms with Gasteiger partial charge in [0.1, 0.15) is 12.4 Å². The van der Waals surface area contributed by atoms with Gasteiger partial charge in [-0.1, -0.05) is 90.0 Å². The normalized spacial score (nSPS) is 15.1. The Labute approximate surface area is 239 Å². The number of esters is 1. The fourth-order valence-corrected chi connectivity index (χ4v) is 5.87. The van der Waals surface area contributed by atoms with Gasteiger partial charge in [0.25, 0.3) is 5.56 Å². The molecule has 1 atom stereocenters. The summed E-state index contributed by atoms with van der Waals surface area (Å²) in [5.41, 5.74) is 2.94. The van der Waals surface area contributed by atoms with Gasteiger partial charge in [0.05, 0.1) is 29.0 Å². The molecular formula is C30H24Cl2N2O4S. The zero-order chi connectivity index (χ0) is 27.5. The molecule has 0 N–H and O–H groups in total. The molecule has 0 bridgehead atoms. The van der Waals surface area contributed by atoms with Crippen LogP contribution < -0.4 is 19.6 Å². The SMILES string of the molecule is CCC1=C(C(=O)OC)[C@@H](c2ccccc2)n2c(s/c(=C/c3cc(Cl)ccc3OCc3ccccc3Cl)c2=O)=N1. The Morgan fingerprint density at radius 1 is 1.08 bits per heavy atom. The number of fused-ring (bicyclic) bond motifs is 1. The lowest BCUT2D eigenvalue weighted by atomic mass is 9.95. The van der Waals surface area contributed by atoms with Crippen LogP contribution in [0.25, 0.3) is 6.08 Å². The summed E-state index contributed by atoms with van der Waals surface area (Å²) in [4.78, 5) is 32.0. The second kappa shape index (κ2) is 11.6. The summed E-state index contributed by atoms with van der Waals surface area (Å²) in [5, 5.41) is 1.11. The van der Waals surface area contributed by atoms with Gasteiger partial charge in [-0.3, -0.25) is 9.36 Å². The average Bonchev–Trinajstić information content (AvgIpc) is 3.26. The number of rotatable bonds is 7. The number of thiazole rings is 1. The van der Waals surface area contributed by atoms with Crippen LogP contribution in [0.15, 0.2) is 93.9 Å². The van der Waals surface area contributed by atoms with Crippen molar-refractivity contribution in [2.24, 2.45) is 4.99 Å². The van der Waals surface area contributed by atoms with Gasteiger partial charge in [-0.15, -0.1) is 0 Å². The summed E-state index contributed by atoms with van der Waals surface area (Å²) in [7, 11) is 1.33. The molecule has 1 aromatic heterocycles. The Balaban J connectivity index is 1.64. The molecule has 39 heavy (non-hydrogen) atoms. The van der Waals surface area contributed by atoms with Gasteiger partial charge >= 0.3 is 5.97 Å². The Morgan fingerprint density at radius 2 is 1.82 bits per heavy atom. The number of methoxy groups -OCH3 is 1. The third kappa shape index (κ3) is 5.43. The van der Waals surface area contributed by atoms with Crippen molar-refractivity contribution in [1.82, 2.24) is 4.57 Å². The second-order valence-electron chi connectivity index (χ2n) is 8.76. The molecule has 198 valence electrons. The number of allylic oxidation sites excluding steroid dienone is 1. The molecule has 3 aromatic carbocycles.